The van der Waals surface area contributed by atoms with Crippen molar-refractivity contribution in [3.63, 3.8) is 0 Å². The zero-order valence-corrected chi connectivity index (χ0v) is 12.4. The highest BCUT2D eigenvalue weighted by atomic mass is 16.5. The number of allylic oxidation sites excluding steroid dienone is 1. The molecule has 1 aromatic heterocycles. The van der Waals surface area contributed by atoms with Gasteiger partial charge in [0.2, 0.25) is 5.43 Å². The third-order valence-corrected chi connectivity index (χ3v) is 3.31. The molecule has 2 aromatic rings. The molecule has 0 fully saturated rings. The molecule has 0 bridgehead atoms. The maximum absolute atomic E-state index is 12.3. The maximum Gasteiger partial charge on any atom is 0.203 e. The van der Waals surface area contributed by atoms with Gasteiger partial charge in [0.25, 0.3) is 0 Å². The lowest BCUT2D eigenvalue weighted by Gasteiger charge is -2.08. The fraction of sp³-hybridized carbons (Fsp3) is 0.353. The molecular formula is C17H20O4. The molecule has 21 heavy (non-hydrogen) atoms. The summed E-state index contributed by atoms with van der Waals surface area (Å²) in [5, 5.41) is 10.2. The van der Waals surface area contributed by atoms with Crippen LogP contribution < -0.4 is 10.2 Å². The summed E-state index contributed by atoms with van der Waals surface area (Å²) in [7, 11) is 0. The molecule has 0 amide bonds. The summed E-state index contributed by atoms with van der Waals surface area (Å²) in [6.07, 6.45) is 4.53. The number of phenols is 1. The first-order valence-corrected chi connectivity index (χ1v) is 7.11. The molecule has 0 saturated heterocycles. The molecule has 4 heteroatoms. The van der Waals surface area contributed by atoms with Crippen LogP contribution >= 0.6 is 0 Å². The van der Waals surface area contributed by atoms with E-state index in [0.717, 1.165) is 19.3 Å². The Morgan fingerprint density at radius 2 is 2.14 bits per heavy atom. The number of hydrogen-bond donors (Lipinski definition) is 1. The summed E-state index contributed by atoms with van der Waals surface area (Å²) in [4.78, 5) is 12.3. The molecule has 1 aromatic carbocycles. The van der Waals surface area contributed by atoms with Crippen LogP contribution in [-0.2, 0) is 0 Å². The van der Waals surface area contributed by atoms with Crippen LogP contribution in [0.3, 0.4) is 0 Å². The number of benzene rings is 1. The van der Waals surface area contributed by atoms with Gasteiger partial charge < -0.3 is 14.3 Å². The van der Waals surface area contributed by atoms with Crippen LogP contribution in [0.25, 0.3) is 16.5 Å². The lowest BCUT2D eigenvalue weighted by molar-refractivity contribution is 0.304. The lowest BCUT2D eigenvalue weighted by atomic mass is 10.1. The van der Waals surface area contributed by atoms with Gasteiger partial charge in [-0.1, -0.05) is 26.3 Å². The van der Waals surface area contributed by atoms with Crippen molar-refractivity contribution >= 4 is 16.5 Å². The van der Waals surface area contributed by atoms with Crippen molar-refractivity contribution < 1.29 is 14.3 Å². The van der Waals surface area contributed by atoms with E-state index in [9.17, 15) is 9.90 Å². The van der Waals surface area contributed by atoms with Crippen molar-refractivity contribution in [2.45, 2.75) is 33.1 Å². The van der Waals surface area contributed by atoms with E-state index in [2.05, 4.69) is 13.5 Å². The van der Waals surface area contributed by atoms with E-state index in [-0.39, 0.29) is 16.6 Å². The topological polar surface area (TPSA) is 59.7 Å². The second-order valence-corrected chi connectivity index (χ2v) is 5.13. The minimum absolute atomic E-state index is 0.130. The average Bonchev–Trinajstić information content (AvgIpc) is 2.43. The van der Waals surface area contributed by atoms with Gasteiger partial charge >= 0.3 is 0 Å². The summed E-state index contributed by atoms with van der Waals surface area (Å²) < 4.78 is 11.0. The number of fused-ring (bicyclic) bond motifs is 1. The minimum atomic E-state index is -0.279. The number of ether oxygens (including phenoxy) is 1. The third kappa shape index (κ3) is 3.27. The van der Waals surface area contributed by atoms with Crippen molar-refractivity contribution in [2.75, 3.05) is 6.61 Å². The van der Waals surface area contributed by atoms with Gasteiger partial charge in [0, 0.05) is 12.1 Å². The van der Waals surface area contributed by atoms with Crippen LogP contribution in [0.4, 0.5) is 0 Å². The summed E-state index contributed by atoms with van der Waals surface area (Å²) in [5.74, 6) is 0.372. The lowest BCUT2D eigenvalue weighted by Crippen LogP contribution is -2.07. The largest absolute Gasteiger partial charge is 0.507 e. The number of rotatable bonds is 6. The van der Waals surface area contributed by atoms with Crippen LogP contribution in [0, 0.1) is 0 Å². The first kappa shape index (κ1) is 15.2. The van der Waals surface area contributed by atoms with Crippen LogP contribution in [0.5, 0.6) is 11.5 Å². The van der Waals surface area contributed by atoms with E-state index in [0.29, 0.717) is 29.1 Å². The van der Waals surface area contributed by atoms with Crippen molar-refractivity contribution in [3.8, 4) is 11.5 Å². The summed E-state index contributed by atoms with van der Waals surface area (Å²) >= 11 is 0. The smallest absolute Gasteiger partial charge is 0.203 e. The van der Waals surface area contributed by atoms with Gasteiger partial charge in [0.05, 0.1) is 12.2 Å². The number of hydrogen-bond acceptors (Lipinski definition) is 4. The van der Waals surface area contributed by atoms with Gasteiger partial charge in [-0.25, -0.2) is 0 Å². The average molecular weight is 288 g/mol. The Morgan fingerprint density at radius 3 is 2.81 bits per heavy atom. The molecule has 2 rings (SSSR count). The molecule has 0 saturated carbocycles. The van der Waals surface area contributed by atoms with Gasteiger partial charge in [-0.05, 0) is 18.9 Å². The fourth-order valence-corrected chi connectivity index (χ4v) is 2.13. The zero-order chi connectivity index (χ0) is 15.4. The Kier molecular flexibility index (Phi) is 4.68. The normalized spacial score (nSPS) is 10.8. The Labute approximate surface area is 123 Å². The minimum Gasteiger partial charge on any atom is -0.507 e. The van der Waals surface area contributed by atoms with Gasteiger partial charge in [-0.3, -0.25) is 4.79 Å². The summed E-state index contributed by atoms with van der Waals surface area (Å²) in [6.45, 7) is 8.15. The predicted octanol–water partition coefficient (Wildman–Crippen LogP) is 4.10. The molecule has 4 nitrogen and oxygen atoms in total. The maximum atomic E-state index is 12.3. The first-order valence-electron chi connectivity index (χ1n) is 7.11. The van der Waals surface area contributed by atoms with Crippen LogP contribution in [0.2, 0.25) is 0 Å². The van der Waals surface area contributed by atoms with Crippen molar-refractivity contribution in [2.24, 2.45) is 0 Å². The SMILES string of the molecule is C=C(C)c1coc2cc(OCCCCC)cc(O)c2c1=O. The Morgan fingerprint density at radius 1 is 1.38 bits per heavy atom. The molecule has 0 atom stereocenters. The standard InChI is InChI=1S/C17H20O4/c1-4-5-6-7-20-12-8-14(18)16-15(9-12)21-10-13(11(2)3)17(16)19/h8-10,18H,2,4-7H2,1,3H3. The molecule has 1 heterocycles. The van der Waals surface area contributed by atoms with E-state index in [1.54, 1.807) is 13.0 Å². The van der Waals surface area contributed by atoms with Crippen molar-refractivity contribution in [1.82, 2.24) is 0 Å². The molecule has 0 aliphatic rings. The van der Waals surface area contributed by atoms with E-state index < -0.39 is 0 Å². The third-order valence-electron chi connectivity index (χ3n) is 3.31. The fourth-order valence-electron chi connectivity index (χ4n) is 2.13. The molecule has 0 radical (unpaired) electrons. The predicted molar refractivity (Wildman–Crippen MR) is 83.9 cm³/mol. The van der Waals surface area contributed by atoms with Crippen LogP contribution in [-0.4, -0.2) is 11.7 Å². The van der Waals surface area contributed by atoms with E-state index in [1.807, 2.05) is 0 Å². The van der Waals surface area contributed by atoms with Gasteiger partial charge in [0.15, 0.2) is 0 Å². The monoisotopic (exact) mass is 288 g/mol. The summed E-state index contributed by atoms with van der Waals surface area (Å²) in [6, 6.07) is 3.08. The second kappa shape index (κ2) is 6.48. The van der Waals surface area contributed by atoms with E-state index in [1.165, 1.54) is 12.3 Å². The zero-order valence-electron chi connectivity index (χ0n) is 12.4. The quantitative estimate of drug-likeness (QED) is 0.813. The number of aromatic hydroxyl groups is 1. The Balaban J connectivity index is 2.37. The van der Waals surface area contributed by atoms with Crippen LogP contribution in [0.1, 0.15) is 38.7 Å². The second-order valence-electron chi connectivity index (χ2n) is 5.13. The molecule has 0 spiro atoms. The number of phenolic OH excluding ortho intramolecular Hbond substituents is 1. The van der Waals surface area contributed by atoms with Gasteiger partial charge in [-0.15, -0.1) is 0 Å². The highest BCUT2D eigenvalue weighted by Gasteiger charge is 2.13. The van der Waals surface area contributed by atoms with E-state index in [4.69, 9.17) is 9.15 Å². The van der Waals surface area contributed by atoms with E-state index >= 15 is 0 Å². The molecular weight excluding hydrogens is 268 g/mol. The molecule has 0 unspecified atom stereocenters. The van der Waals surface area contributed by atoms with Crippen LogP contribution in [0.15, 0.2) is 34.2 Å². The van der Waals surface area contributed by atoms with Gasteiger partial charge in [0.1, 0.15) is 28.7 Å². The highest BCUT2D eigenvalue weighted by Crippen LogP contribution is 2.29. The van der Waals surface area contributed by atoms with Crippen molar-refractivity contribution in [3.05, 3.63) is 40.8 Å². The van der Waals surface area contributed by atoms with Crippen molar-refractivity contribution in [1.29, 1.82) is 0 Å². The number of unbranched alkanes of at least 4 members (excludes halogenated alkanes) is 2. The Hall–Kier alpha value is -2.23. The molecule has 112 valence electrons. The molecule has 0 aliphatic carbocycles. The Bertz CT molecular complexity index is 713. The highest BCUT2D eigenvalue weighted by molar-refractivity contribution is 5.86. The first-order chi connectivity index (χ1) is 10.0. The van der Waals surface area contributed by atoms with Gasteiger partial charge in [-0.2, -0.15) is 0 Å². The molecule has 0 aliphatic heterocycles. The summed E-state index contributed by atoms with van der Waals surface area (Å²) in [5.41, 5.74) is 1.01. The molecule has 1 N–H and O–H groups in total.